The minimum Gasteiger partial charge on any atom is -0.361 e. The first-order chi connectivity index (χ1) is 12.7. The lowest BCUT2D eigenvalue weighted by molar-refractivity contribution is 0.745. The van der Waals surface area contributed by atoms with Crippen molar-refractivity contribution in [2.24, 2.45) is 10.2 Å². The van der Waals surface area contributed by atoms with Crippen LogP contribution in [0, 0.1) is 0 Å². The molecule has 0 saturated heterocycles. The zero-order valence-electron chi connectivity index (χ0n) is 15.4. The van der Waals surface area contributed by atoms with Crippen LogP contribution >= 0.6 is 24.4 Å². The van der Waals surface area contributed by atoms with E-state index in [1.807, 2.05) is 24.3 Å². The molecular formula is C18H28N6S2. The molecule has 26 heavy (non-hydrogen) atoms. The predicted molar refractivity (Wildman–Crippen MR) is 119 cm³/mol. The van der Waals surface area contributed by atoms with E-state index in [0.717, 1.165) is 49.9 Å². The van der Waals surface area contributed by atoms with Gasteiger partial charge in [0, 0.05) is 13.1 Å². The largest absolute Gasteiger partial charge is 0.361 e. The van der Waals surface area contributed by atoms with Crippen LogP contribution in [0.25, 0.3) is 0 Å². The van der Waals surface area contributed by atoms with E-state index in [2.05, 4.69) is 45.5 Å². The maximum atomic E-state index is 5.14. The van der Waals surface area contributed by atoms with Gasteiger partial charge >= 0.3 is 0 Å². The summed E-state index contributed by atoms with van der Waals surface area (Å²) in [5.74, 6) is 0. The van der Waals surface area contributed by atoms with Crippen molar-refractivity contribution in [2.75, 3.05) is 13.1 Å². The Hall–Kier alpha value is -2.06. The molecule has 0 bridgehead atoms. The topological polar surface area (TPSA) is 72.8 Å². The zero-order valence-corrected chi connectivity index (χ0v) is 17.1. The molecule has 0 radical (unpaired) electrons. The van der Waals surface area contributed by atoms with Crippen molar-refractivity contribution in [3.63, 3.8) is 0 Å². The van der Waals surface area contributed by atoms with Crippen molar-refractivity contribution in [1.82, 2.24) is 21.5 Å². The Morgan fingerprint density at radius 1 is 0.885 bits per heavy atom. The number of thiocarbonyl (C=S) groups is 2. The highest BCUT2D eigenvalue weighted by Crippen LogP contribution is 2.00. The average molecular weight is 393 g/mol. The Kier molecular flexibility index (Phi) is 12.0. The van der Waals surface area contributed by atoms with Crippen LogP contribution in [-0.2, 0) is 0 Å². The van der Waals surface area contributed by atoms with E-state index in [1.54, 1.807) is 12.4 Å². The summed E-state index contributed by atoms with van der Waals surface area (Å²) in [6.07, 6.45) is 7.85. The number of rotatable bonds is 10. The van der Waals surface area contributed by atoms with Gasteiger partial charge in [0.05, 0.1) is 12.4 Å². The molecular weight excluding hydrogens is 364 g/mol. The molecule has 0 fully saturated rings. The fourth-order valence-corrected chi connectivity index (χ4v) is 2.20. The lowest BCUT2D eigenvalue weighted by Crippen LogP contribution is -2.32. The van der Waals surface area contributed by atoms with E-state index in [9.17, 15) is 0 Å². The predicted octanol–water partition coefficient (Wildman–Crippen LogP) is 2.88. The van der Waals surface area contributed by atoms with Gasteiger partial charge in [0.15, 0.2) is 10.2 Å². The summed E-state index contributed by atoms with van der Waals surface area (Å²) >= 11 is 10.3. The van der Waals surface area contributed by atoms with E-state index in [1.165, 1.54) is 0 Å². The first-order valence-electron chi connectivity index (χ1n) is 8.89. The van der Waals surface area contributed by atoms with Gasteiger partial charge in [0.2, 0.25) is 0 Å². The third-order valence-corrected chi connectivity index (χ3v) is 3.77. The van der Waals surface area contributed by atoms with Crippen LogP contribution in [0.5, 0.6) is 0 Å². The second-order valence-corrected chi connectivity index (χ2v) is 6.45. The number of nitrogens with one attached hydrogen (secondary N) is 4. The normalized spacial score (nSPS) is 10.8. The summed E-state index contributed by atoms with van der Waals surface area (Å²) < 4.78 is 0. The molecule has 0 spiro atoms. The van der Waals surface area contributed by atoms with Crippen molar-refractivity contribution in [3.05, 3.63) is 35.4 Å². The van der Waals surface area contributed by atoms with Crippen molar-refractivity contribution in [1.29, 1.82) is 0 Å². The quantitative estimate of drug-likeness (QED) is 0.212. The second-order valence-electron chi connectivity index (χ2n) is 5.63. The number of hydrazone groups is 2. The van der Waals surface area contributed by atoms with Crippen molar-refractivity contribution in [2.45, 2.75) is 39.5 Å². The van der Waals surface area contributed by atoms with Crippen LogP contribution in [0.1, 0.15) is 50.7 Å². The number of hydrogen-bond donors (Lipinski definition) is 4. The second kappa shape index (κ2) is 14.1. The van der Waals surface area contributed by atoms with E-state index in [4.69, 9.17) is 24.4 Å². The van der Waals surface area contributed by atoms with Gasteiger partial charge in [-0.15, -0.1) is 0 Å². The van der Waals surface area contributed by atoms with Gasteiger partial charge in [-0.1, -0.05) is 44.9 Å². The minimum absolute atomic E-state index is 0.528. The molecule has 6 nitrogen and oxygen atoms in total. The third kappa shape index (κ3) is 10.7. The van der Waals surface area contributed by atoms with Gasteiger partial charge in [0.25, 0.3) is 0 Å². The molecule has 0 aromatic heterocycles. The van der Waals surface area contributed by atoms with Crippen molar-refractivity contribution < 1.29 is 0 Å². The number of hydrogen-bond acceptors (Lipinski definition) is 4. The summed E-state index contributed by atoms with van der Waals surface area (Å²) in [6, 6.07) is 7.83. The Bertz CT molecular complexity index is 566. The van der Waals surface area contributed by atoms with Crippen LogP contribution in [0.2, 0.25) is 0 Å². The monoisotopic (exact) mass is 392 g/mol. The first kappa shape index (κ1) is 22.0. The molecule has 0 saturated carbocycles. The summed E-state index contributed by atoms with van der Waals surface area (Å²) in [5.41, 5.74) is 7.51. The maximum Gasteiger partial charge on any atom is 0.186 e. The molecule has 1 aromatic rings. The van der Waals surface area contributed by atoms with Gasteiger partial charge in [-0.05, 0) is 54.5 Å². The van der Waals surface area contributed by atoms with Gasteiger partial charge < -0.3 is 10.6 Å². The molecule has 0 amide bonds. The summed E-state index contributed by atoms with van der Waals surface area (Å²) in [7, 11) is 0. The standard InChI is InChI=1S/C18H28N6S2/c1-3-5-10-19-17(25)23-21-13-15-8-7-9-16(12-15)14-22-24-18(26)20-11-6-4-2/h7-9,12-14H,3-6,10-11H2,1-2H3,(H2,19,23,25)(H2,20,24,26)/b21-13-,22-14-. The molecule has 0 aliphatic rings. The van der Waals surface area contributed by atoms with Crippen molar-refractivity contribution in [3.8, 4) is 0 Å². The number of nitrogens with zero attached hydrogens (tertiary/aromatic N) is 2. The highest BCUT2D eigenvalue weighted by molar-refractivity contribution is 7.80. The Morgan fingerprint density at radius 3 is 1.77 bits per heavy atom. The Balaban J connectivity index is 2.42. The SMILES string of the molecule is CCCCNC(=S)N/N=C\c1cccc(/C=N\NC(=S)NCCCC)c1. The Labute approximate surface area is 166 Å². The van der Waals surface area contributed by atoms with Crippen LogP contribution < -0.4 is 21.5 Å². The van der Waals surface area contributed by atoms with E-state index in [0.29, 0.717) is 10.2 Å². The van der Waals surface area contributed by atoms with Crippen molar-refractivity contribution >= 4 is 47.1 Å². The van der Waals surface area contributed by atoms with E-state index in [-0.39, 0.29) is 0 Å². The molecule has 4 N–H and O–H groups in total. The third-order valence-electron chi connectivity index (χ3n) is 3.30. The highest BCUT2D eigenvalue weighted by atomic mass is 32.1. The summed E-state index contributed by atoms with van der Waals surface area (Å²) in [5, 5.41) is 15.5. The molecule has 0 atom stereocenters. The average Bonchev–Trinajstić information content (AvgIpc) is 2.62. The van der Waals surface area contributed by atoms with Crippen LogP contribution in [-0.4, -0.2) is 35.7 Å². The van der Waals surface area contributed by atoms with Crippen LogP contribution in [0.3, 0.4) is 0 Å². The van der Waals surface area contributed by atoms with Crippen LogP contribution in [0.4, 0.5) is 0 Å². The van der Waals surface area contributed by atoms with E-state index < -0.39 is 0 Å². The zero-order chi connectivity index (χ0) is 19.0. The van der Waals surface area contributed by atoms with Crippen LogP contribution in [0.15, 0.2) is 34.5 Å². The summed E-state index contributed by atoms with van der Waals surface area (Å²) in [4.78, 5) is 0. The molecule has 0 heterocycles. The molecule has 1 aromatic carbocycles. The number of benzene rings is 1. The minimum atomic E-state index is 0.528. The van der Waals surface area contributed by atoms with Gasteiger partial charge in [-0.2, -0.15) is 10.2 Å². The molecule has 1 rings (SSSR count). The van der Waals surface area contributed by atoms with Gasteiger partial charge in [-0.3, -0.25) is 10.9 Å². The summed E-state index contributed by atoms with van der Waals surface area (Å²) in [6.45, 7) is 5.98. The first-order valence-corrected chi connectivity index (χ1v) is 9.71. The molecule has 0 unspecified atom stereocenters. The molecule has 0 aliphatic carbocycles. The van der Waals surface area contributed by atoms with Gasteiger partial charge in [-0.25, -0.2) is 0 Å². The lowest BCUT2D eigenvalue weighted by atomic mass is 10.1. The lowest BCUT2D eigenvalue weighted by Gasteiger charge is -2.05. The Morgan fingerprint density at radius 2 is 1.35 bits per heavy atom. The maximum absolute atomic E-state index is 5.14. The number of unbranched alkanes of at least 4 members (excludes halogenated alkanes) is 2. The fraction of sp³-hybridized carbons (Fsp3) is 0.444. The molecule has 142 valence electrons. The molecule has 8 heteroatoms. The van der Waals surface area contributed by atoms with E-state index >= 15 is 0 Å². The highest BCUT2D eigenvalue weighted by Gasteiger charge is 1.94. The molecule has 0 aliphatic heterocycles. The smallest absolute Gasteiger partial charge is 0.186 e. The van der Waals surface area contributed by atoms with Gasteiger partial charge in [0.1, 0.15) is 0 Å². The fourth-order valence-electron chi connectivity index (χ4n) is 1.89.